The number of esters is 1. The fraction of sp³-hybridized carbons (Fsp3) is 0.200. The predicted molar refractivity (Wildman–Crippen MR) is 103 cm³/mol. The minimum atomic E-state index is -1.48. The lowest BCUT2D eigenvalue weighted by Crippen LogP contribution is -2.48. The summed E-state index contributed by atoms with van der Waals surface area (Å²) in [5.74, 6) is -4.36. The molecule has 2 aromatic carbocycles. The third-order valence-electron chi connectivity index (χ3n) is 3.95. The number of phenolic OH excluding ortho intramolecular Hbond substituents is 2. The van der Waals surface area contributed by atoms with Crippen molar-refractivity contribution in [3.63, 3.8) is 0 Å². The Morgan fingerprint density at radius 3 is 2.27 bits per heavy atom. The molecular weight excluding hydrogens is 396 g/mol. The van der Waals surface area contributed by atoms with Crippen LogP contribution in [0.3, 0.4) is 0 Å². The Bertz CT molecular complexity index is 945. The third-order valence-corrected chi connectivity index (χ3v) is 3.95. The first-order valence-electron chi connectivity index (χ1n) is 8.82. The molecule has 0 aromatic heterocycles. The standard InChI is InChI=1S/C20H20N2O8/c1-2-30-16(25)11-22(18(26)13-8-9-14(23)15(24)10-13)20(29)21-17(19(27)28)12-6-4-3-5-7-12/h3-10,17,23-24H,2,11H2,1H3,(H,21,29)(H,27,28). The smallest absolute Gasteiger partial charge is 0.330 e. The fourth-order valence-corrected chi connectivity index (χ4v) is 2.52. The molecule has 10 heteroatoms. The number of amides is 3. The van der Waals surface area contributed by atoms with E-state index < -0.39 is 48.0 Å². The van der Waals surface area contributed by atoms with Crippen molar-refractivity contribution in [1.82, 2.24) is 10.2 Å². The number of urea groups is 1. The molecule has 2 aromatic rings. The number of carboxylic acids is 1. The molecule has 0 saturated carbocycles. The summed E-state index contributed by atoms with van der Waals surface area (Å²) in [5.41, 5.74) is 0.0421. The van der Waals surface area contributed by atoms with Crippen LogP contribution >= 0.6 is 0 Å². The molecule has 3 amide bonds. The summed E-state index contributed by atoms with van der Waals surface area (Å²) in [5, 5.41) is 30.7. The van der Waals surface area contributed by atoms with Gasteiger partial charge in [0, 0.05) is 5.56 Å². The number of hydrogen-bond acceptors (Lipinski definition) is 7. The molecule has 0 heterocycles. The minimum Gasteiger partial charge on any atom is -0.504 e. The molecule has 30 heavy (non-hydrogen) atoms. The van der Waals surface area contributed by atoms with Gasteiger partial charge < -0.3 is 25.4 Å². The lowest BCUT2D eigenvalue weighted by atomic mass is 10.1. The minimum absolute atomic E-state index is 0.00421. The first kappa shape index (κ1) is 22.2. The van der Waals surface area contributed by atoms with E-state index in [9.17, 15) is 34.5 Å². The predicted octanol–water partition coefficient (Wildman–Crippen LogP) is 1.64. The van der Waals surface area contributed by atoms with Gasteiger partial charge in [-0.2, -0.15) is 0 Å². The molecular formula is C20H20N2O8. The second kappa shape index (κ2) is 9.92. The quantitative estimate of drug-likeness (QED) is 0.392. The van der Waals surface area contributed by atoms with Crippen molar-refractivity contribution < 1.29 is 39.2 Å². The Hall–Kier alpha value is -4.08. The molecule has 1 atom stereocenters. The molecule has 0 aliphatic heterocycles. The lowest BCUT2D eigenvalue weighted by molar-refractivity contribution is -0.143. The number of carboxylic acid groups (broad SMARTS) is 1. The monoisotopic (exact) mass is 416 g/mol. The van der Waals surface area contributed by atoms with Gasteiger partial charge >= 0.3 is 18.0 Å². The van der Waals surface area contributed by atoms with E-state index in [1.54, 1.807) is 18.2 Å². The Kier molecular flexibility index (Phi) is 7.34. The number of aliphatic carboxylic acids is 1. The Balaban J connectivity index is 2.33. The van der Waals surface area contributed by atoms with Crippen LogP contribution in [0.1, 0.15) is 28.9 Å². The molecule has 0 aliphatic carbocycles. The number of nitrogens with one attached hydrogen (secondary N) is 1. The highest BCUT2D eigenvalue weighted by atomic mass is 16.5. The van der Waals surface area contributed by atoms with E-state index in [1.807, 2.05) is 0 Å². The van der Waals surface area contributed by atoms with E-state index in [0.717, 1.165) is 18.2 Å². The second-order valence-electron chi connectivity index (χ2n) is 6.03. The topological polar surface area (TPSA) is 153 Å². The number of imide groups is 1. The normalized spacial score (nSPS) is 11.2. The highest BCUT2D eigenvalue weighted by Gasteiger charge is 2.30. The number of aromatic hydroxyl groups is 2. The van der Waals surface area contributed by atoms with Gasteiger partial charge in [-0.05, 0) is 30.7 Å². The van der Waals surface area contributed by atoms with Crippen LogP contribution in [-0.4, -0.2) is 57.2 Å². The molecule has 2 rings (SSSR count). The summed E-state index contributed by atoms with van der Waals surface area (Å²) in [6, 6.07) is 8.23. The van der Waals surface area contributed by atoms with Crippen LogP contribution in [0.2, 0.25) is 0 Å². The molecule has 0 spiro atoms. The van der Waals surface area contributed by atoms with E-state index in [-0.39, 0.29) is 17.7 Å². The lowest BCUT2D eigenvalue weighted by Gasteiger charge is -2.23. The van der Waals surface area contributed by atoms with Crippen LogP contribution in [0, 0.1) is 0 Å². The molecule has 0 bridgehead atoms. The summed E-state index contributed by atoms with van der Waals surface area (Å²) in [6.45, 7) is 0.753. The van der Waals surface area contributed by atoms with E-state index in [4.69, 9.17) is 4.74 Å². The largest absolute Gasteiger partial charge is 0.504 e. The summed E-state index contributed by atoms with van der Waals surface area (Å²) in [6.07, 6.45) is 0. The van der Waals surface area contributed by atoms with Crippen molar-refractivity contribution in [3.05, 3.63) is 59.7 Å². The number of nitrogens with zero attached hydrogens (tertiary/aromatic N) is 1. The van der Waals surface area contributed by atoms with Crippen molar-refractivity contribution in [1.29, 1.82) is 0 Å². The SMILES string of the molecule is CCOC(=O)CN(C(=O)NC(C(=O)O)c1ccccc1)C(=O)c1ccc(O)c(O)c1. The zero-order valence-electron chi connectivity index (χ0n) is 15.9. The zero-order valence-corrected chi connectivity index (χ0v) is 15.9. The average Bonchev–Trinajstić information content (AvgIpc) is 2.72. The molecule has 0 saturated heterocycles. The summed E-state index contributed by atoms with van der Waals surface area (Å²) in [4.78, 5) is 49.5. The maximum Gasteiger partial charge on any atom is 0.330 e. The summed E-state index contributed by atoms with van der Waals surface area (Å²) in [7, 11) is 0. The number of phenols is 2. The van der Waals surface area contributed by atoms with Gasteiger partial charge in [0.2, 0.25) is 0 Å². The van der Waals surface area contributed by atoms with Gasteiger partial charge in [-0.1, -0.05) is 30.3 Å². The van der Waals surface area contributed by atoms with Crippen LogP contribution in [0.5, 0.6) is 11.5 Å². The molecule has 0 aliphatic rings. The van der Waals surface area contributed by atoms with Crippen LogP contribution < -0.4 is 5.32 Å². The van der Waals surface area contributed by atoms with Gasteiger partial charge in [-0.15, -0.1) is 0 Å². The first-order chi connectivity index (χ1) is 14.2. The molecule has 1 unspecified atom stereocenters. The van der Waals surface area contributed by atoms with Gasteiger partial charge in [0.05, 0.1) is 6.61 Å². The van der Waals surface area contributed by atoms with Gasteiger partial charge in [0.25, 0.3) is 5.91 Å². The van der Waals surface area contributed by atoms with Crippen molar-refractivity contribution in [3.8, 4) is 11.5 Å². The summed E-state index contributed by atoms with van der Waals surface area (Å²) >= 11 is 0. The zero-order chi connectivity index (χ0) is 22.3. The fourth-order valence-electron chi connectivity index (χ4n) is 2.52. The molecule has 0 radical (unpaired) electrons. The van der Waals surface area contributed by atoms with Crippen LogP contribution in [0.25, 0.3) is 0 Å². The van der Waals surface area contributed by atoms with Crippen LogP contribution in [0.4, 0.5) is 4.79 Å². The maximum absolute atomic E-state index is 12.8. The highest BCUT2D eigenvalue weighted by Crippen LogP contribution is 2.25. The van der Waals surface area contributed by atoms with Gasteiger partial charge in [-0.25, -0.2) is 14.5 Å². The molecule has 10 nitrogen and oxygen atoms in total. The number of ether oxygens (including phenoxy) is 1. The number of rotatable bonds is 7. The number of carbonyl (C=O) groups excluding carboxylic acids is 3. The van der Waals surface area contributed by atoms with Gasteiger partial charge in [0.15, 0.2) is 17.5 Å². The number of carbonyl (C=O) groups is 4. The van der Waals surface area contributed by atoms with E-state index >= 15 is 0 Å². The van der Waals surface area contributed by atoms with Gasteiger partial charge in [-0.3, -0.25) is 9.59 Å². The first-order valence-corrected chi connectivity index (χ1v) is 8.82. The average molecular weight is 416 g/mol. The van der Waals surface area contributed by atoms with E-state index in [2.05, 4.69) is 5.32 Å². The molecule has 0 fully saturated rings. The van der Waals surface area contributed by atoms with Crippen molar-refractivity contribution in [2.24, 2.45) is 0 Å². The third kappa shape index (κ3) is 5.47. The Morgan fingerprint density at radius 1 is 1.03 bits per heavy atom. The number of benzene rings is 2. The molecule has 4 N–H and O–H groups in total. The summed E-state index contributed by atoms with van der Waals surface area (Å²) < 4.78 is 4.77. The van der Waals surface area contributed by atoms with Crippen molar-refractivity contribution >= 4 is 23.9 Å². The van der Waals surface area contributed by atoms with Crippen LogP contribution in [-0.2, 0) is 14.3 Å². The molecule has 158 valence electrons. The van der Waals surface area contributed by atoms with Crippen molar-refractivity contribution in [2.45, 2.75) is 13.0 Å². The van der Waals surface area contributed by atoms with Crippen molar-refractivity contribution in [2.75, 3.05) is 13.2 Å². The Labute approximate surface area is 171 Å². The van der Waals surface area contributed by atoms with E-state index in [1.165, 1.54) is 19.1 Å². The second-order valence-corrected chi connectivity index (χ2v) is 6.03. The highest BCUT2D eigenvalue weighted by molar-refractivity contribution is 6.06. The maximum atomic E-state index is 12.8. The Morgan fingerprint density at radius 2 is 1.70 bits per heavy atom. The number of hydrogen-bond donors (Lipinski definition) is 4. The van der Waals surface area contributed by atoms with Crippen LogP contribution in [0.15, 0.2) is 48.5 Å². The van der Waals surface area contributed by atoms with Gasteiger partial charge in [0.1, 0.15) is 6.54 Å². The van der Waals surface area contributed by atoms with E-state index in [0.29, 0.717) is 4.90 Å².